The molecule has 0 amide bonds. The Balaban J connectivity index is 2.16. The fraction of sp³-hybridized carbons (Fsp3) is 0.583. The van der Waals surface area contributed by atoms with E-state index in [1.54, 1.807) is 22.7 Å². The molecule has 0 atom stereocenters. The lowest BCUT2D eigenvalue weighted by molar-refractivity contribution is 0.860. The van der Waals surface area contributed by atoms with Crippen LogP contribution in [0.4, 0.5) is 10.3 Å². The zero-order valence-corrected chi connectivity index (χ0v) is 13.3. The van der Waals surface area contributed by atoms with Crippen LogP contribution in [-0.4, -0.2) is 34.3 Å². The van der Waals surface area contributed by atoms with E-state index in [0.717, 1.165) is 34.1 Å². The number of hydrogen-bond acceptors (Lipinski definition) is 7. The summed E-state index contributed by atoms with van der Waals surface area (Å²) in [6.07, 6.45) is 0. The van der Waals surface area contributed by atoms with E-state index in [9.17, 15) is 0 Å². The summed E-state index contributed by atoms with van der Waals surface area (Å²) >= 11 is 3.20. The first-order valence-electron chi connectivity index (χ1n) is 6.44. The lowest BCUT2D eigenvalue weighted by Crippen LogP contribution is -2.21. The Morgan fingerprint density at radius 2 is 2.00 bits per heavy atom. The molecular weight excluding hydrogens is 278 g/mol. The average molecular weight is 297 g/mol. The van der Waals surface area contributed by atoms with E-state index in [2.05, 4.69) is 53.1 Å². The van der Waals surface area contributed by atoms with Crippen LogP contribution in [0.2, 0.25) is 0 Å². The Morgan fingerprint density at radius 1 is 1.26 bits per heavy atom. The van der Waals surface area contributed by atoms with Crippen LogP contribution in [-0.2, 0) is 0 Å². The molecule has 7 heteroatoms. The van der Waals surface area contributed by atoms with E-state index in [1.807, 2.05) is 5.38 Å². The second-order valence-corrected chi connectivity index (χ2v) is 6.21. The Kier molecular flexibility index (Phi) is 4.71. The molecule has 2 heterocycles. The lowest BCUT2D eigenvalue weighted by atomic mass is 10.4. The largest absolute Gasteiger partial charge is 0.358 e. The second-order valence-electron chi connectivity index (χ2n) is 4.40. The summed E-state index contributed by atoms with van der Waals surface area (Å²) in [7, 11) is 0. The maximum atomic E-state index is 4.64. The molecule has 5 nitrogen and oxygen atoms in total. The van der Waals surface area contributed by atoms with Gasteiger partial charge in [-0.3, -0.25) is 0 Å². The smallest absolute Gasteiger partial charge is 0.206 e. The van der Waals surface area contributed by atoms with Crippen molar-refractivity contribution in [2.75, 3.05) is 23.3 Å². The summed E-state index contributed by atoms with van der Waals surface area (Å²) in [5, 5.41) is 16.4. The number of rotatable bonds is 6. The van der Waals surface area contributed by atoms with Crippen LogP contribution in [0.15, 0.2) is 5.38 Å². The van der Waals surface area contributed by atoms with Gasteiger partial charge in [0.1, 0.15) is 5.69 Å². The van der Waals surface area contributed by atoms with Crippen LogP contribution in [0.3, 0.4) is 0 Å². The topological polar surface area (TPSA) is 53.9 Å². The molecule has 19 heavy (non-hydrogen) atoms. The fourth-order valence-electron chi connectivity index (χ4n) is 1.63. The van der Waals surface area contributed by atoms with Gasteiger partial charge >= 0.3 is 0 Å². The zero-order valence-electron chi connectivity index (χ0n) is 11.7. The van der Waals surface area contributed by atoms with Gasteiger partial charge in [0, 0.05) is 24.5 Å². The molecule has 0 spiro atoms. The maximum absolute atomic E-state index is 4.64. The number of hydrogen-bond donors (Lipinski definition) is 1. The SMILES string of the molecule is CCN(CC)c1nc(-c2nnc(NC(C)C)s2)cs1. The summed E-state index contributed by atoms with van der Waals surface area (Å²) in [6.45, 7) is 10.4. The average Bonchev–Trinajstić information content (AvgIpc) is 2.99. The molecule has 1 N–H and O–H groups in total. The Morgan fingerprint density at radius 3 is 2.63 bits per heavy atom. The second kappa shape index (κ2) is 6.29. The normalized spacial score (nSPS) is 11.0. The highest BCUT2D eigenvalue weighted by Gasteiger charge is 2.13. The highest BCUT2D eigenvalue weighted by atomic mass is 32.1. The summed E-state index contributed by atoms with van der Waals surface area (Å²) in [4.78, 5) is 6.88. The van der Waals surface area contributed by atoms with Gasteiger partial charge in [-0.2, -0.15) is 0 Å². The summed E-state index contributed by atoms with van der Waals surface area (Å²) < 4.78 is 0. The van der Waals surface area contributed by atoms with Crippen molar-refractivity contribution in [2.24, 2.45) is 0 Å². The van der Waals surface area contributed by atoms with Gasteiger partial charge in [-0.15, -0.1) is 21.5 Å². The van der Waals surface area contributed by atoms with E-state index < -0.39 is 0 Å². The first-order chi connectivity index (χ1) is 9.13. The number of nitrogens with zero attached hydrogens (tertiary/aromatic N) is 4. The summed E-state index contributed by atoms with van der Waals surface area (Å²) in [5.74, 6) is 0. The van der Waals surface area contributed by atoms with Crippen molar-refractivity contribution >= 4 is 32.9 Å². The number of anilines is 2. The van der Waals surface area contributed by atoms with Crippen LogP contribution in [0, 0.1) is 0 Å². The predicted octanol–water partition coefficient (Wildman–Crippen LogP) is 3.33. The first kappa shape index (κ1) is 14.2. The number of aromatic nitrogens is 3. The lowest BCUT2D eigenvalue weighted by Gasteiger charge is -2.16. The summed E-state index contributed by atoms with van der Waals surface area (Å²) in [5.41, 5.74) is 0.918. The van der Waals surface area contributed by atoms with Crippen LogP contribution in [0.25, 0.3) is 10.7 Å². The van der Waals surface area contributed by atoms with Crippen LogP contribution in [0.5, 0.6) is 0 Å². The third-order valence-electron chi connectivity index (χ3n) is 2.58. The molecule has 0 aliphatic carbocycles. The zero-order chi connectivity index (χ0) is 13.8. The highest BCUT2D eigenvalue weighted by molar-refractivity contribution is 7.19. The maximum Gasteiger partial charge on any atom is 0.206 e. The van der Waals surface area contributed by atoms with Crippen molar-refractivity contribution in [1.82, 2.24) is 15.2 Å². The summed E-state index contributed by atoms with van der Waals surface area (Å²) in [6, 6.07) is 0.363. The molecule has 0 saturated heterocycles. The molecule has 0 aromatic carbocycles. The third-order valence-corrected chi connectivity index (χ3v) is 4.36. The van der Waals surface area contributed by atoms with Crippen molar-refractivity contribution < 1.29 is 0 Å². The fourth-order valence-corrected chi connectivity index (χ4v) is 3.50. The van der Waals surface area contributed by atoms with E-state index in [-0.39, 0.29) is 0 Å². The van der Waals surface area contributed by atoms with Gasteiger partial charge in [0.15, 0.2) is 10.1 Å². The molecular formula is C12H19N5S2. The first-order valence-corrected chi connectivity index (χ1v) is 8.14. The van der Waals surface area contributed by atoms with Crippen molar-refractivity contribution in [3.63, 3.8) is 0 Å². The van der Waals surface area contributed by atoms with Crippen LogP contribution in [0.1, 0.15) is 27.7 Å². The molecule has 0 radical (unpaired) electrons. The molecule has 0 saturated carbocycles. The van der Waals surface area contributed by atoms with Crippen molar-refractivity contribution in [2.45, 2.75) is 33.7 Å². The van der Waals surface area contributed by atoms with E-state index in [4.69, 9.17) is 0 Å². The van der Waals surface area contributed by atoms with Gasteiger partial charge < -0.3 is 10.2 Å². The number of nitrogens with one attached hydrogen (secondary N) is 1. The van der Waals surface area contributed by atoms with E-state index in [0.29, 0.717) is 6.04 Å². The van der Waals surface area contributed by atoms with Crippen LogP contribution >= 0.6 is 22.7 Å². The standard InChI is InChI=1S/C12H19N5S2/c1-5-17(6-2)12-14-9(7-18-12)10-15-16-11(19-10)13-8(3)4/h7-8H,5-6H2,1-4H3,(H,13,16). The minimum atomic E-state index is 0.363. The van der Waals surface area contributed by atoms with Gasteiger partial charge in [0.05, 0.1) is 0 Å². The molecule has 2 rings (SSSR count). The molecule has 2 aromatic rings. The quantitative estimate of drug-likeness (QED) is 0.886. The van der Waals surface area contributed by atoms with E-state index >= 15 is 0 Å². The van der Waals surface area contributed by atoms with Crippen molar-refractivity contribution in [3.05, 3.63) is 5.38 Å². The Hall–Kier alpha value is -1.21. The van der Waals surface area contributed by atoms with Gasteiger partial charge in [-0.05, 0) is 27.7 Å². The predicted molar refractivity (Wildman–Crippen MR) is 83.3 cm³/mol. The minimum Gasteiger partial charge on any atom is -0.358 e. The molecule has 0 aliphatic heterocycles. The van der Waals surface area contributed by atoms with Crippen LogP contribution < -0.4 is 10.2 Å². The third kappa shape index (κ3) is 3.42. The Labute approximate surface area is 121 Å². The Bertz CT molecular complexity index is 516. The monoisotopic (exact) mass is 297 g/mol. The van der Waals surface area contributed by atoms with E-state index in [1.165, 1.54) is 0 Å². The molecule has 2 aromatic heterocycles. The molecule has 0 fully saturated rings. The van der Waals surface area contributed by atoms with Gasteiger partial charge in [0.2, 0.25) is 5.13 Å². The molecule has 104 valence electrons. The van der Waals surface area contributed by atoms with Gasteiger partial charge in [-0.25, -0.2) is 4.98 Å². The van der Waals surface area contributed by atoms with Crippen molar-refractivity contribution in [3.8, 4) is 10.7 Å². The molecule has 0 unspecified atom stereocenters. The number of thiazole rings is 1. The molecule has 0 bridgehead atoms. The van der Waals surface area contributed by atoms with Gasteiger partial charge in [0.25, 0.3) is 0 Å². The van der Waals surface area contributed by atoms with Crippen molar-refractivity contribution in [1.29, 1.82) is 0 Å². The van der Waals surface area contributed by atoms with Gasteiger partial charge in [-0.1, -0.05) is 11.3 Å². The minimum absolute atomic E-state index is 0.363. The highest BCUT2D eigenvalue weighted by Crippen LogP contribution is 2.30. The molecule has 0 aliphatic rings.